The molecule has 17 heavy (non-hydrogen) atoms. The van der Waals surface area contributed by atoms with E-state index in [0.29, 0.717) is 6.04 Å². The summed E-state index contributed by atoms with van der Waals surface area (Å²) < 4.78 is 0. The third-order valence-corrected chi connectivity index (χ3v) is 4.13. The quantitative estimate of drug-likeness (QED) is 0.808. The van der Waals surface area contributed by atoms with Gasteiger partial charge in [0.25, 0.3) is 0 Å². The maximum Gasteiger partial charge on any atom is 0.0376 e. The van der Waals surface area contributed by atoms with E-state index in [9.17, 15) is 0 Å². The van der Waals surface area contributed by atoms with E-state index >= 15 is 0 Å². The van der Waals surface area contributed by atoms with Crippen LogP contribution in [0.3, 0.4) is 0 Å². The highest BCUT2D eigenvalue weighted by atomic mass is 15.2. The first-order valence-corrected chi connectivity index (χ1v) is 6.94. The zero-order valence-corrected chi connectivity index (χ0v) is 10.4. The Kier molecular flexibility index (Phi) is 3.06. The molecule has 0 aromatic heterocycles. The van der Waals surface area contributed by atoms with E-state index in [-0.39, 0.29) is 0 Å². The molecule has 0 amide bonds. The van der Waals surface area contributed by atoms with Crippen molar-refractivity contribution in [3.05, 3.63) is 29.8 Å². The highest BCUT2D eigenvalue weighted by Crippen LogP contribution is 2.45. The van der Waals surface area contributed by atoms with Gasteiger partial charge < -0.3 is 5.73 Å². The molecule has 1 aliphatic carbocycles. The summed E-state index contributed by atoms with van der Waals surface area (Å²) in [6.07, 6.45) is 6.98. The average molecular weight is 230 g/mol. The van der Waals surface area contributed by atoms with Gasteiger partial charge in [-0.2, -0.15) is 0 Å². The van der Waals surface area contributed by atoms with E-state index in [2.05, 4.69) is 29.2 Å². The minimum atomic E-state index is 0.663. The van der Waals surface area contributed by atoms with Crippen LogP contribution in [-0.2, 0) is 0 Å². The molecule has 0 radical (unpaired) electrons. The molecule has 1 aromatic rings. The van der Waals surface area contributed by atoms with Crippen LogP contribution in [0.25, 0.3) is 0 Å². The number of piperidine rings is 1. The van der Waals surface area contributed by atoms with E-state index in [4.69, 9.17) is 5.73 Å². The lowest BCUT2D eigenvalue weighted by atomic mass is 9.97. The standard InChI is InChI=1S/C15H22N2/c16-14-8-6-13(7-9-14)15(12-4-5-12)17-10-2-1-3-11-17/h6-9,12,15H,1-5,10-11,16H2. The van der Waals surface area contributed by atoms with Gasteiger partial charge in [0, 0.05) is 11.7 Å². The number of benzene rings is 1. The molecule has 92 valence electrons. The Morgan fingerprint density at radius 2 is 1.65 bits per heavy atom. The second-order valence-corrected chi connectivity index (χ2v) is 5.55. The van der Waals surface area contributed by atoms with E-state index in [0.717, 1.165) is 11.6 Å². The van der Waals surface area contributed by atoms with E-state index in [1.54, 1.807) is 0 Å². The maximum absolute atomic E-state index is 5.78. The van der Waals surface area contributed by atoms with E-state index in [1.165, 1.54) is 50.8 Å². The van der Waals surface area contributed by atoms with Gasteiger partial charge in [-0.15, -0.1) is 0 Å². The molecule has 0 bridgehead atoms. The minimum Gasteiger partial charge on any atom is -0.399 e. The first kappa shape index (κ1) is 11.1. The van der Waals surface area contributed by atoms with Gasteiger partial charge in [0.1, 0.15) is 0 Å². The highest BCUT2D eigenvalue weighted by molar-refractivity contribution is 5.40. The Hall–Kier alpha value is -1.02. The Balaban J connectivity index is 1.81. The Bertz CT molecular complexity index is 361. The van der Waals surface area contributed by atoms with Crippen LogP contribution in [-0.4, -0.2) is 18.0 Å². The largest absolute Gasteiger partial charge is 0.399 e. The van der Waals surface area contributed by atoms with Crippen molar-refractivity contribution in [2.75, 3.05) is 18.8 Å². The van der Waals surface area contributed by atoms with Crippen molar-refractivity contribution in [1.82, 2.24) is 4.90 Å². The van der Waals surface area contributed by atoms with Crippen LogP contribution < -0.4 is 5.73 Å². The molecule has 1 unspecified atom stereocenters. The van der Waals surface area contributed by atoms with Crippen molar-refractivity contribution >= 4 is 5.69 Å². The minimum absolute atomic E-state index is 0.663. The van der Waals surface area contributed by atoms with E-state index in [1.807, 2.05) is 0 Å². The van der Waals surface area contributed by atoms with Gasteiger partial charge in [-0.3, -0.25) is 4.90 Å². The summed E-state index contributed by atoms with van der Waals surface area (Å²) in [7, 11) is 0. The van der Waals surface area contributed by atoms with Gasteiger partial charge in [-0.25, -0.2) is 0 Å². The third-order valence-electron chi connectivity index (χ3n) is 4.13. The molecule has 1 saturated heterocycles. The highest BCUT2D eigenvalue weighted by Gasteiger charge is 2.36. The monoisotopic (exact) mass is 230 g/mol. The van der Waals surface area contributed by atoms with Gasteiger partial charge in [0.05, 0.1) is 0 Å². The Morgan fingerprint density at radius 1 is 1.00 bits per heavy atom. The van der Waals surface area contributed by atoms with Crippen LogP contribution in [0.4, 0.5) is 5.69 Å². The Labute approximate surface area is 104 Å². The first-order chi connectivity index (χ1) is 8.34. The Morgan fingerprint density at radius 3 is 2.24 bits per heavy atom. The second kappa shape index (κ2) is 4.69. The normalized spacial score (nSPS) is 23.5. The van der Waals surface area contributed by atoms with Crippen molar-refractivity contribution in [1.29, 1.82) is 0 Å². The van der Waals surface area contributed by atoms with Crippen molar-refractivity contribution in [3.63, 3.8) is 0 Å². The molecular formula is C15H22N2. The van der Waals surface area contributed by atoms with Crippen LogP contribution in [0, 0.1) is 5.92 Å². The smallest absolute Gasteiger partial charge is 0.0376 e. The molecule has 2 aliphatic rings. The third kappa shape index (κ3) is 2.47. The molecule has 1 aliphatic heterocycles. The summed E-state index contributed by atoms with van der Waals surface area (Å²) in [5.41, 5.74) is 8.14. The maximum atomic E-state index is 5.78. The fourth-order valence-corrected chi connectivity index (χ4v) is 3.08. The fourth-order valence-electron chi connectivity index (χ4n) is 3.08. The number of hydrogen-bond donors (Lipinski definition) is 1. The molecule has 3 rings (SSSR count). The lowest BCUT2D eigenvalue weighted by Gasteiger charge is -2.35. The molecule has 0 spiro atoms. The number of anilines is 1. The van der Waals surface area contributed by atoms with Crippen LogP contribution >= 0.6 is 0 Å². The summed E-state index contributed by atoms with van der Waals surface area (Å²) in [6, 6.07) is 9.22. The van der Waals surface area contributed by atoms with Crippen LogP contribution in [0.1, 0.15) is 43.7 Å². The molecular weight excluding hydrogens is 208 g/mol. The molecule has 2 nitrogen and oxygen atoms in total. The lowest BCUT2D eigenvalue weighted by Crippen LogP contribution is -2.34. The summed E-state index contributed by atoms with van der Waals surface area (Å²) in [5, 5.41) is 0. The molecule has 1 aromatic carbocycles. The molecule has 2 fully saturated rings. The fraction of sp³-hybridized carbons (Fsp3) is 0.600. The number of rotatable bonds is 3. The SMILES string of the molecule is Nc1ccc(C(C2CC2)N2CCCCC2)cc1. The summed E-state index contributed by atoms with van der Waals surface area (Å²) >= 11 is 0. The lowest BCUT2D eigenvalue weighted by molar-refractivity contribution is 0.146. The van der Waals surface area contributed by atoms with Crippen molar-refractivity contribution < 1.29 is 0 Å². The molecule has 1 saturated carbocycles. The molecule has 2 N–H and O–H groups in total. The van der Waals surface area contributed by atoms with Crippen LogP contribution in [0.5, 0.6) is 0 Å². The number of nitrogens with zero attached hydrogens (tertiary/aromatic N) is 1. The number of hydrogen-bond acceptors (Lipinski definition) is 2. The zero-order chi connectivity index (χ0) is 11.7. The van der Waals surface area contributed by atoms with Gasteiger partial charge in [0.2, 0.25) is 0 Å². The summed E-state index contributed by atoms with van der Waals surface area (Å²) in [4.78, 5) is 2.70. The number of likely N-dealkylation sites (tertiary alicyclic amines) is 1. The summed E-state index contributed by atoms with van der Waals surface area (Å²) in [5.74, 6) is 0.900. The van der Waals surface area contributed by atoms with Gasteiger partial charge in [-0.1, -0.05) is 18.6 Å². The van der Waals surface area contributed by atoms with Crippen molar-refractivity contribution in [2.45, 2.75) is 38.1 Å². The van der Waals surface area contributed by atoms with Crippen LogP contribution in [0.2, 0.25) is 0 Å². The molecule has 2 heteroatoms. The predicted octanol–water partition coefficient (Wildman–Crippen LogP) is 3.21. The van der Waals surface area contributed by atoms with Gasteiger partial charge in [-0.05, 0) is 62.4 Å². The molecule has 1 heterocycles. The van der Waals surface area contributed by atoms with Crippen molar-refractivity contribution in [2.24, 2.45) is 5.92 Å². The van der Waals surface area contributed by atoms with Crippen LogP contribution in [0.15, 0.2) is 24.3 Å². The second-order valence-electron chi connectivity index (χ2n) is 5.55. The average Bonchev–Trinajstić information content (AvgIpc) is 3.18. The number of nitrogens with two attached hydrogens (primary N) is 1. The number of nitrogen functional groups attached to an aromatic ring is 1. The molecule has 1 atom stereocenters. The first-order valence-electron chi connectivity index (χ1n) is 6.94. The van der Waals surface area contributed by atoms with Gasteiger partial charge in [0.15, 0.2) is 0 Å². The predicted molar refractivity (Wildman–Crippen MR) is 71.7 cm³/mol. The topological polar surface area (TPSA) is 29.3 Å². The summed E-state index contributed by atoms with van der Waals surface area (Å²) in [6.45, 7) is 2.57. The van der Waals surface area contributed by atoms with E-state index < -0.39 is 0 Å². The van der Waals surface area contributed by atoms with Gasteiger partial charge >= 0.3 is 0 Å². The zero-order valence-electron chi connectivity index (χ0n) is 10.4. The van der Waals surface area contributed by atoms with Crippen molar-refractivity contribution in [3.8, 4) is 0 Å².